The van der Waals surface area contributed by atoms with E-state index >= 15 is 0 Å². The normalized spacial score (nSPS) is 17.8. The molecule has 0 saturated carbocycles. The summed E-state index contributed by atoms with van der Waals surface area (Å²) in [6, 6.07) is 7.98. The van der Waals surface area contributed by atoms with Gasteiger partial charge in [0, 0.05) is 19.5 Å². The molecule has 1 N–H and O–H groups in total. The fourth-order valence-corrected chi connectivity index (χ4v) is 3.09. The van der Waals surface area contributed by atoms with Crippen molar-refractivity contribution in [3.05, 3.63) is 35.4 Å². The number of aryl methyl sites for hydroxylation is 1. The molecule has 1 aliphatic heterocycles. The van der Waals surface area contributed by atoms with Crippen LogP contribution in [0.3, 0.4) is 0 Å². The lowest BCUT2D eigenvalue weighted by Crippen LogP contribution is -2.46. The van der Waals surface area contributed by atoms with Crippen molar-refractivity contribution in [2.45, 2.75) is 66.0 Å². The zero-order valence-corrected chi connectivity index (χ0v) is 15.4. The van der Waals surface area contributed by atoms with Gasteiger partial charge in [-0.2, -0.15) is 0 Å². The van der Waals surface area contributed by atoms with E-state index in [9.17, 15) is 9.59 Å². The van der Waals surface area contributed by atoms with Crippen LogP contribution in [-0.2, 0) is 22.6 Å². The highest BCUT2D eigenvalue weighted by atomic mass is 16.2. The largest absolute Gasteiger partial charge is 0.350 e. The third kappa shape index (κ3) is 5.08. The van der Waals surface area contributed by atoms with Gasteiger partial charge in [-0.1, -0.05) is 52.0 Å². The van der Waals surface area contributed by atoms with Crippen LogP contribution in [0.4, 0.5) is 0 Å². The Kier molecular flexibility index (Phi) is 6.03. The summed E-state index contributed by atoms with van der Waals surface area (Å²) >= 11 is 0. The van der Waals surface area contributed by atoms with Gasteiger partial charge in [-0.25, -0.2) is 0 Å². The summed E-state index contributed by atoms with van der Waals surface area (Å²) in [5.74, 6) is 0.0572. The summed E-state index contributed by atoms with van der Waals surface area (Å²) in [7, 11) is 0. The Morgan fingerprint density at radius 3 is 2.38 bits per heavy atom. The zero-order valence-electron chi connectivity index (χ0n) is 15.4. The van der Waals surface area contributed by atoms with Crippen molar-refractivity contribution in [3.8, 4) is 0 Å². The molecule has 4 heteroatoms. The van der Waals surface area contributed by atoms with Crippen LogP contribution in [0, 0.1) is 5.41 Å². The molecule has 1 aliphatic rings. The van der Waals surface area contributed by atoms with Crippen LogP contribution in [0.5, 0.6) is 0 Å². The van der Waals surface area contributed by atoms with Crippen LogP contribution in [0.25, 0.3) is 0 Å². The van der Waals surface area contributed by atoms with Crippen LogP contribution in [0.1, 0.15) is 58.1 Å². The van der Waals surface area contributed by atoms with E-state index < -0.39 is 0 Å². The lowest BCUT2D eigenvalue weighted by molar-refractivity contribution is -0.139. The Labute approximate surface area is 145 Å². The molecule has 0 spiro atoms. The summed E-state index contributed by atoms with van der Waals surface area (Å²) in [5.41, 5.74) is 2.33. The van der Waals surface area contributed by atoms with Crippen LogP contribution in [0.2, 0.25) is 0 Å². The molecular weight excluding hydrogens is 300 g/mol. The van der Waals surface area contributed by atoms with Crippen LogP contribution in [0.15, 0.2) is 24.3 Å². The monoisotopic (exact) mass is 330 g/mol. The number of carbonyl (C=O) groups is 2. The quantitative estimate of drug-likeness (QED) is 0.900. The minimum Gasteiger partial charge on any atom is -0.350 e. The lowest BCUT2D eigenvalue weighted by atomic mass is 9.91. The molecule has 0 bridgehead atoms. The fourth-order valence-electron chi connectivity index (χ4n) is 3.09. The Balaban J connectivity index is 1.91. The third-order valence-corrected chi connectivity index (χ3v) is 4.46. The van der Waals surface area contributed by atoms with E-state index in [2.05, 4.69) is 57.3 Å². The predicted octanol–water partition coefficient (Wildman–Crippen LogP) is 3.29. The van der Waals surface area contributed by atoms with E-state index in [1.54, 1.807) is 4.90 Å². The molecule has 24 heavy (non-hydrogen) atoms. The second-order valence-corrected chi connectivity index (χ2v) is 7.87. The second kappa shape index (κ2) is 7.82. The van der Waals surface area contributed by atoms with Gasteiger partial charge in [0.25, 0.3) is 0 Å². The molecule has 0 radical (unpaired) electrons. The Hall–Kier alpha value is -1.84. The van der Waals surface area contributed by atoms with Gasteiger partial charge in [-0.05, 0) is 35.8 Å². The molecule has 0 unspecified atom stereocenters. The summed E-state index contributed by atoms with van der Waals surface area (Å²) in [4.78, 5) is 26.7. The molecule has 1 aromatic carbocycles. The number of hydrogen-bond donors (Lipinski definition) is 1. The summed E-state index contributed by atoms with van der Waals surface area (Å²) in [5, 5.41) is 2.99. The predicted molar refractivity (Wildman–Crippen MR) is 96.5 cm³/mol. The van der Waals surface area contributed by atoms with E-state index in [4.69, 9.17) is 0 Å². The van der Waals surface area contributed by atoms with Crippen molar-refractivity contribution in [1.82, 2.24) is 10.2 Å². The first-order chi connectivity index (χ1) is 11.3. The molecular formula is C20H30N2O2. The molecule has 1 fully saturated rings. The van der Waals surface area contributed by atoms with Gasteiger partial charge in [0.05, 0.1) is 0 Å². The Morgan fingerprint density at radius 1 is 1.17 bits per heavy atom. The molecule has 4 nitrogen and oxygen atoms in total. The number of amides is 2. The van der Waals surface area contributed by atoms with Gasteiger partial charge in [0.1, 0.15) is 6.04 Å². The highest BCUT2D eigenvalue weighted by Gasteiger charge is 2.35. The molecule has 2 amide bonds. The standard InChI is InChI=1S/C20H30N2O2/c1-5-15-8-10-16(11-9-15)14-21-19(24)17-7-6-12-22(17)18(23)13-20(2,3)4/h8-11,17H,5-7,12-14H2,1-4H3,(H,21,24)/t17-/m0/s1. The van der Waals surface area contributed by atoms with Crippen LogP contribution >= 0.6 is 0 Å². The lowest BCUT2D eigenvalue weighted by Gasteiger charge is -2.27. The van der Waals surface area contributed by atoms with Gasteiger partial charge in [0.15, 0.2) is 0 Å². The van der Waals surface area contributed by atoms with Crippen molar-refractivity contribution < 1.29 is 9.59 Å². The van der Waals surface area contributed by atoms with Crippen molar-refractivity contribution in [2.24, 2.45) is 5.41 Å². The molecule has 132 valence electrons. The number of likely N-dealkylation sites (tertiary alicyclic amines) is 1. The fraction of sp³-hybridized carbons (Fsp3) is 0.600. The average molecular weight is 330 g/mol. The number of nitrogens with one attached hydrogen (secondary N) is 1. The van der Waals surface area contributed by atoms with Crippen molar-refractivity contribution in [1.29, 1.82) is 0 Å². The molecule has 2 rings (SSSR count). The molecule has 0 aliphatic carbocycles. The molecule has 0 aromatic heterocycles. The highest BCUT2D eigenvalue weighted by Crippen LogP contribution is 2.24. The molecule has 1 saturated heterocycles. The topological polar surface area (TPSA) is 49.4 Å². The molecule has 1 heterocycles. The van der Waals surface area contributed by atoms with Crippen LogP contribution in [-0.4, -0.2) is 29.3 Å². The van der Waals surface area contributed by atoms with E-state index in [0.29, 0.717) is 19.5 Å². The van der Waals surface area contributed by atoms with E-state index in [0.717, 1.165) is 24.8 Å². The number of carbonyl (C=O) groups excluding carboxylic acids is 2. The van der Waals surface area contributed by atoms with E-state index in [1.807, 2.05) is 0 Å². The van der Waals surface area contributed by atoms with Gasteiger partial charge >= 0.3 is 0 Å². The third-order valence-electron chi connectivity index (χ3n) is 4.46. The van der Waals surface area contributed by atoms with Crippen LogP contribution < -0.4 is 5.32 Å². The van der Waals surface area contributed by atoms with Crippen molar-refractivity contribution >= 4 is 11.8 Å². The SMILES string of the molecule is CCc1ccc(CNC(=O)[C@@H]2CCCN2C(=O)CC(C)(C)C)cc1. The summed E-state index contributed by atoms with van der Waals surface area (Å²) in [6.45, 7) is 9.49. The zero-order chi connectivity index (χ0) is 17.7. The maximum atomic E-state index is 12.5. The van der Waals surface area contributed by atoms with Gasteiger partial charge < -0.3 is 10.2 Å². The molecule has 1 atom stereocenters. The number of rotatable bonds is 5. The maximum absolute atomic E-state index is 12.5. The van der Waals surface area contributed by atoms with E-state index in [1.165, 1.54) is 5.56 Å². The van der Waals surface area contributed by atoms with E-state index in [-0.39, 0.29) is 23.3 Å². The van der Waals surface area contributed by atoms with Gasteiger partial charge in [-0.3, -0.25) is 9.59 Å². The Morgan fingerprint density at radius 2 is 1.79 bits per heavy atom. The first kappa shape index (κ1) is 18.5. The summed E-state index contributed by atoms with van der Waals surface area (Å²) in [6.07, 6.45) is 3.16. The van der Waals surface area contributed by atoms with Gasteiger partial charge in [-0.15, -0.1) is 0 Å². The highest BCUT2D eigenvalue weighted by molar-refractivity contribution is 5.88. The average Bonchev–Trinajstić information content (AvgIpc) is 3.01. The minimum atomic E-state index is -0.310. The molecule has 1 aromatic rings. The maximum Gasteiger partial charge on any atom is 0.243 e. The minimum absolute atomic E-state index is 0.0330. The van der Waals surface area contributed by atoms with Crippen molar-refractivity contribution in [2.75, 3.05) is 6.54 Å². The van der Waals surface area contributed by atoms with Crippen molar-refractivity contribution in [3.63, 3.8) is 0 Å². The summed E-state index contributed by atoms with van der Waals surface area (Å²) < 4.78 is 0. The number of nitrogens with zero attached hydrogens (tertiary/aromatic N) is 1. The first-order valence-electron chi connectivity index (χ1n) is 8.95. The second-order valence-electron chi connectivity index (χ2n) is 7.87. The smallest absolute Gasteiger partial charge is 0.243 e. The number of benzene rings is 1. The number of hydrogen-bond acceptors (Lipinski definition) is 2. The Bertz CT molecular complexity index is 572. The first-order valence-corrected chi connectivity index (χ1v) is 8.95. The van der Waals surface area contributed by atoms with Gasteiger partial charge in [0.2, 0.25) is 11.8 Å².